The van der Waals surface area contributed by atoms with Gasteiger partial charge in [-0.3, -0.25) is 14.4 Å². The zero-order valence-corrected chi connectivity index (χ0v) is 18.4. The van der Waals surface area contributed by atoms with E-state index in [1.54, 1.807) is 11.8 Å². The molecule has 0 aliphatic carbocycles. The third kappa shape index (κ3) is 3.96. The number of fused-ring (bicyclic) bond motifs is 1. The fraction of sp³-hybridized carbons (Fsp3) is 0.864. The third-order valence-electron chi connectivity index (χ3n) is 6.77. The van der Waals surface area contributed by atoms with Crippen molar-refractivity contribution >= 4 is 17.8 Å². The molecule has 3 aliphatic rings. The van der Waals surface area contributed by atoms with Gasteiger partial charge >= 0.3 is 5.97 Å². The van der Waals surface area contributed by atoms with E-state index in [0.29, 0.717) is 32.2 Å². The van der Waals surface area contributed by atoms with Crippen LogP contribution in [0.3, 0.4) is 0 Å². The number of rotatable bonds is 11. The predicted molar refractivity (Wildman–Crippen MR) is 109 cm³/mol. The van der Waals surface area contributed by atoms with Crippen LogP contribution in [0.2, 0.25) is 0 Å². The Labute approximate surface area is 178 Å². The minimum absolute atomic E-state index is 0.00347. The second-order valence-electron chi connectivity index (χ2n) is 8.82. The molecule has 2 bridgehead atoms. The van der Waals surface area contributed by atoms with E-state index in [-0.39, 0.29) is 37.2 Å². The summed E-state index contributed by atoms with van der Waals surface area (Å²) in [4.78, 5) is 41.1. The molecule has 2 N–H and O–H groups in total. The smallest absolute Gasteiger partial charge is 0.312 e. The van der Waals surface area contributed by atoms with Crippen molar-refractivity contribution in [2.75, 3.05) is 19.8 Å². The van der Waals surface area contributed by atoms with E-state index in [9.17, 15) is 14.4 Å². The molecule has 30 heavy (non-hydrogen) atoms. The maximum atomic E-state index is 13.5. The van der Waals surface area contributed by atoms with Crippen LogP contribution in [0.4, 0.5) is 0 Å². The summed E-state index contributed by atoms with van der Waals surface area (Å²) in [5.74, 6) is -2.08. The monoisotopic (exact) mass is 424 g/mol. The molecule has 0 aromatic rings. The van der Waals surface area contributed by atoms with E-state index in [0.717, 1.165) is 19.3 Å². The van der Waals surface area contributed by atoms with Crippen molar-refractivity contribution < 1.29 is 29.0 Å². The van der Waals surface area contributed by atoms with E-state index in [1.165, 1.54) is 0 Å². The Kier molecular flexibility index (Phi) is 7.39. The number of unbranched alkanes of at least 4 members (excludes halogenated alkanes) is 2. The van der Waals surface area contributed by atoms with Crippen molar-refractivity contribution in [1.29, 1.82) is 0 Å². The van der Waals surface area contributed by atoms with E-state index in [1.807, 2.05) is 6.92 Å². The SMILES string of the molecule is CCCC(C)NC(=O)[C@@H]1N(CCCCCO)C(=O)[C@H]2[C@H](C(=O)OCC)[C@@H]3CC[C@]12O3. The Hall–Kier alpha value is -1.67. The van der Waals surface area contributed by atoms with Crippen LogP contribution in [0, 0.1) is 11.8 Å². The molecule has 3 heterocycles. The van der Waals surface area contributed by atoms with Crippen molar-refractivity contribution in [3.05, 3.63) is 0 Å². The van der Waals surface area contributed by atoms with Crippen LogP contribution < -0.4 is 5.32 Å². The molecule has 3 rings (SSSR count). The molecular weight excluding hydrogens is 388 g/mol. The fourth-order valence-electron chi connectivity index (χ4n) is 5.60. The Balaban J connectivity index is 1.87. The molecule has 8 heteroatoms. The Morgan fingerprint density at radius 1 is 1.33 bits per heavy atom. The summed E-state index contributed by atoms with van der Waals surface area (Å²) in [7, 11) is 0. The molecule has 0 aromatic heterocycles. The quantitative estimate of drug-likeness (QED) is 0.384. The first-order valence-corrected chi connectivity index (χ1v) is 11.5. The number of nitrogens with zero attached hydrogens (tertiary/aromatic N) is 1. The van der Waals surface area contributed by atoms with Crippen LogP contribution in [0.1, 0.15) is 65.7 Å². The second-order valence-corrected chi connectivity index (χ2v) is 8.82. The van der Waals surface area contributed by atoms with Gasteiger partial charge in [-0.1, -0.05) is 13.3 Å². The molecule has 1 unspecified atom stereocenters. The van der Waals surface area contributed by atoms with Gasteiger partial charge in [-0.25, -0.2) is 0 Å². The summed E-state index contributed by atoms with van der Waals surface area (Å²) < 4.78 is 11.6. The van der Waals surface area contributed by atoms with Gasteiger partial charge in [-0.15, -0.1) is 0 Å². The molecule has 3 saturated heterocycles. The van der Waals surface area contributed by atoms with Crippen molar-refractivity contribution in [1.82, 2.24) is 10.2 Å². The number of likely N-dealkylation sites (tertiary alicyclic amines) is 1. The number of esters is 1. The van der Waals surface area contributed by atoms with Crippen molar-refractivity contribution in [2.45, 2.75) is 89.5 Å². The molecule has 3 aliphatic heterocycles. The molecule has 2 amide bonds. The van der Waals surface area contributed by atoms with E-state index in [2.05, 4.69) is 12.2 Å². The second kappa shape index (κ2) is 9.64. The van der Waals surface area contributed by atoms with Gasteiger partial charge in [-0.05, 0) is 52.4 Å². The van der Waals surface area contributed by atoms with Crippen molar-refractivity contribution in [3.63, 3.8) is 0 Å². The highest BCUT2D eigenvalue weighted by atomic mass is 16.6. The number of aliphatic hydroxyl groups excluding tert-OH is 1. The van der Waals surface area contributed by atoms with E-state index < -0.39 is 29.4 Å². The largest absolute Gasteiger partial charge is 0.466 e. The van der Waals surface area contributed by atoms with Crippen LogP contribution in [0.5, 0.6) is 0 Å². The summed E-state index contributed by atoms with van der Waals surface area (Å²) in [6.07, 6.45) is 4.81. The van der Waals surface area contributed by atoms with Gasteiger partial charge in [0, 0.05) is 19.2 Å². The van der Waals surface area contributed by atoms with Gasteiger partial charge in [0.1, 0.15) is 11.6 Å². The number of carbonyl (C=O) groups excluding carboxylic acids is 3. The third-order valence-corrected chi connectivity index (χ3v) is 6.77. The lowest BCUT2D eigenvalue weighted by molar-refractivity contribution is -0.154. The summed E-state index contributed by atoms with van der Waals surface area (Å²) in [5.41, 5.74) is -0.952. The van der Waals surface area contributed by atoms with E-state index >= 15 is 0 Å². The highest BCUT2D eigenvalue weighted by molar-refractivity contribution is 5.98. The summed E-state index contributed by atoms with van der Waals surface area (Å²) in [6, 6.07) is -0.725. The number of hydrogen-bond donors (Lipinski definition) is 2. The Morgan fingerprint density at radius 3 is 2.77 bits per heavy atom. The first-order valence-electron chi connectivity index (χ1n) is 11.5. The predicted octanol–water partition coefficient (Wildman–Crippen LogP) is 1.39. The van der Waals surface area contributed by atoms with Gasteiger partial charge in [0.05, 0.1) is 24.5 Å². The fourth-order valence-corrected chi connectivity index (χ4v) is 5.60. The molecular formula is C22H36N2O6. The average molecular weight is 425 g/mol. The number of ether oxygens (including phenoxy) is 2. The van der Waals surface area contributed by atoms with Crippen LogP contribution in [-0.2, 0) is 23.9 Å². The van der Waals surface area contributed by atoms with E-state index in [4.69, 9.17) is 14.6 Å². The lowest BCUT2D eigenvalue weighted by Gasteiger charge is -2.34. The summed E-state index contributed by atoms with van der Waals surface area (Å²) in [6.45, 7) is 6.55. The zero-order chi connectivity index (χ0) is 21.9. The molecule has 170 valence electrons. The van der Waals surface area contributed by atoms with Gasteiger partial charge < -0.3 is 24.8 Å². The number of carbonyl (C=O) groups is 3. The molecule has 8 nitrogen and oxygen atoms in total. The molecule has 6 atom stereocenters. The average Bonchev–Trinajstić information content (AvgIpc) is 3.33. The summed E-state index contributed by atoms with van der Waals surface area (Å²) >= 11 is 0. The van der Waals surface area contributed by atoms with Gasteiger partial charge in [0.25, 0.3) is 0 Å². The first-order chi connectivity index (χ1) is 14.4. The highest BCUT2D eigenvalue weighted by Gasteiger charge is 2.74. The lowest BCUT2D eigenvalue weighted by atomic mass is 9.70. The number of amides is 2. The van der Waals surface area contributed by atoms with Gasteiger partial charge in [0.2, 0.25) is 11.8 Å². The van der Waals surface area contributed by atoms with Gasteiger partial charge in [-0.2, -0.15) is 0 Å². The number of nitrogens with one attached hydrogen (secondary N) is 1. The Bertz CT molecular complexity index is 656. The molecule has 1 spiro atoms. The van der Waals surface area contributed by atoms with Crippen LogP contribution in [0.25, 0.3) is 0 Å². The number of hydrogen-bond acceptors (Lipinski definition) is 6. The maximum Gasteiger partial charge on any atom is 0.312 e. The van der Waals surface area contributed by atoms with Gasteiger partial charge in [0.15, 0.2) is 0 Å². The Morgan fingerprint density at radius 2 is 2.10 bits per heavy atom. The maximum absolute atomic E-state index is 13.5. The normalized spacial score (nSPS) is 32.9. The zero-order valence-electron chi connectivity index (χ0n) is 18.4. The molecule has 3 fully saturated rings. The molecule has 0 radical (unpaired) electrons. The van der Waals surface area contributed by atoms with Crippen LogP contribution >= 0.6 is 0 Å². The topological polar surface area (TPSA) is 105 Å². The molecule has 0 aromatic carbocycles. The highest BCUT2D eigenvalue weighted by Crippen LogP contribution is 2.58. The van der Waals surface area contributed by atoms with Crippen LogP contribution in [-0.4, -0.2) is 71.3 Å². The standard InChI is InChI=1S/C22H36N2O6/c1-4-9-14(3)23-19(26)18-22-11-10-15(30-22)16(21(28)29-5-2)17(22)20(27)24(18)12-7-6-8-13-25/h14-18,25H,4-13H2,1-3H3,(H,23,26)/t14?,15-,16+,17+,18-,22+/m0/s1. The van der Waals surface area contributed by atoms with Crippen molar-refractivity contribution in [2.24, 2.45) is 11.8 Å². The minimum atomic E-state index is -0.952. The summed E-state index contributed by atoms with van der Waals surface area (Å²) in [5, 5.41) is 12.1. The number of aliphatic hydroxyl groups is 1. The minimum Gasteiger partial charge on any atom is -0.466 e. The van der Waals surface area contributed by atoms with Crippen LogP contribution in [0.15, 0.2) is 0 Å². The lowest BCUT2D eigenvalue weighted by Crippen LogP contribution is -2.56. The van der Waals surface area contributed by atoms with Crippen molar-refractivity contribution in [3.8, 4) is 0 Å². The molecule has 0 saturated carbocycles. The first kappa shape index (κ1) is 23.0.